The molecule has 5 aromatic rings. The van der Waals surface area contributed by atoms with Crippen LogP contribution in [-0.4, -0.2) is 0 Å². The van der Waals surface area contributed by atoms with Crippen LogP contribution in [0.25, 0.3) is 44.5 Å². The molecule has 382 valence electrons. The van der Waals surface area contributed by atoms with Crippen molar-refractivity contribution in [2.24, 2.45) is 0 Å². The van der Waals surface area contributed by atoms with Gasteiger partial charge in [0.05, 0.1) is 33.4 Å². The molecule has 0 aliphatic carbocycles. The maximum atomic E-state index is 17.3. The molecule has 0 aliphatic heterocycles. The van der Waals surface area contributed by atoms with Crippen molar-refractivity contribution in [3.05, 3.63) is 128 Å². The molecular formula is C52H48F18. The van der Waals surface area contributed by atoms with Crippen molar-refractivity contribution in [3.63, 3.8) is 0 Å². The highest BCUT2D eigenvalue weighted by atomic mass is 19.4. The van der Waals surface area contributed by atoms with Gasteiger partial charge in [-0.3, -0.25) is 0 Å². The van der Waals surface area contributed by atoms with Crippen LogP contribution in [0.4, 0.5) is 79.0 Å². The molecule has 0 fully saturated rings. The van der Waals surface area contributed by atoms with Gasteiger partial charge in [0.25, 0.3) is 0 Å². The molecule has 0 unspecified atom stereocenters. The Morgan fingerprint density at radius 2 is 0.343 bits per heavy atom. The summed E-state index contributed by atoms with van der Waals surface area (Å²) < 4.78 is 291. The van der Waals surface area contributed by atoms with E-state index >= 15 is 79.0 Å². The van der Waals surface area contributed by atoms with E-state index in [2.05, 4.69) is 0 Å². The Morgan fingerprint density at radius 1 is 0.200 bits per heavy atom. The van der Waals surface area contributed by atoms with E-state index in [1.54, 1.807) is 0 Å². The standard InChI is InChI=1S/C52H48F18/c1-43(2,3)25-17-13-18-26(44(4,5)6)33(25)37-39(35-29(47(53,54)55)21-15-22-30(35)48(56,57)58)42(52(68,69)70)38(34-27(45(7,8)9)19-14-20-28(34)46(10,11)12)40(41(37)51(65,66)67)36-31(49(59,60)61)23-16-24-32(36)50(62,63)64/h13-24H,1-12H3. The summed E-state index contributed by atoms with van der Waals surface area (Å²) in [6, 6.07) is 6.40. The molecule has 0 aromatic heterocycles. The Balaban J connectivity index is 2.68. The first-order valence-corrected chi connectivity index (χ1v) is 21.4. The third-order valence-electron chi connectivity index (χ3n) is 11.8. The van der Waals surface area contributed by atoms with Gasteiger partial charge in [-0.25, -0.2) is 0 Å². The van der Waals surface area contributed by atoms with Crippen molar-refractivity contribution in [1.29, 1.82) is 0 Å². The predicted octanol–water partition coefficient (Wildman–Crippen LogP) is 19.7. The van der Waals surface area contributed by atoms with Crippen molar-refractivity contribution in [1.82, 2.24) is 0 Å². The van der Waals surface area contributed by atoms with Crippen molar-refractivity contribution < 1.29 is 79.0 Å². The molecule has 0 N–H and O–H groups in total. The SMILES string of the molecule is CC(C)(C)c1cccc(C(C)(C)C)c1-c1c(-c2c(C(F)(F)F)cccc2C(F)(F)F)c(C(F)(F)F)c(-c2c(C(C)(C)C)cccc2C(C)(C)C)c(-c2c(C(F)(F)F)cccc2C(F)(F)F)c1C(F)(F)F. The van der Waals surface area contributed by atoms with Crippen LogP contribution in [0, 0.1) is 0 Å². The Bertz CT molecular complexity index is 2300. The fourth-order valence-corrected chi connectivity index (χ4v) is 9.05. The van der Waals surface area contributed by atoms with E-state index in [1.165, 1.54) is 95.2 Å². The quantitative estimate of drug-likeness (QED) is 0.157. The zero-order valence-corrected chi connectivity index (χ0v) is 39.7. The molecule has 0 bridgehead atoms. The Hall–Kier alpha value is -5.16. The van der Waals surface area contributed by atoms with E-state index < -0.39 is 159 Å². The van der Waals surface area contributed by atoms with E-state index in [0.717, 1.165) is 24.3 Å². The largest absolute Gasteiger partial charge is 0.417 e. The number of alkyl halides is 18. The van der Waals surface area contributed by atoms with Gasteiger partial charge in [-0.2, -0.15) is 79.0 Å². The molecular weight excluding hydrogens is 967 g/mol. The van der Waals surface area contributed by atoms with Crippen molar-refractivity contribution >= 4 is 0 Å². The zero-order valence-electron chi connectivity index (χ0n) is 39.7. The highest BCUT2D eigenvalue weighted by molar-refractivity contribution is 6.06. The average Bonchev–Trinajstić information content (AvgIpc) is 3.15. The number of halogens is 18. The van der Waals surface area contributed by atoms with Gasteiger partial charge in [-0.05, 0) is 79.3 Å². The van der Waals surface area contributed by atoms with Gasteiger partial charge in [-0.1, -0.05) is 132 Å². The van der Waals surface area contributed by atoms with Crippen LogP contribution in [0.2, 0.25) is 0 Å². The molecule has 0 heterocycles. The zero-order chi connectivity index (χ0) is 53.9. The molecule has 5 aromatic carbocycles. The maximum Gasteiger partial charge on any atom is 0.417 e. The summed E-state index contributed by atoms with van der Waals surface area (Å²) in [6.45, 7) is 15.4. The van der Waals surface area contributed by atoms with Crippen molar-refractivity contribution in [2.45, 2.75) is 142 Å². The van der Waals surface area contributed by atoms with Gasteiger partial charge in [0.1, 0.15) is 0 Å². The molecule has 0 aliphatic rings. The van der Waals surface area contributed by atoms with Crippen LogP contribution < -0.4 is 0 Å². The van der Waals surface area contributed by atoms with E-state index in [9.17, 15) is 0 Å². The first kappa shape index (κ1) is 55.8. The van der Waals surface area contributed by atoms with Gasteiger partial charge in [-0.15, -0.1) is 0 Å². The first-order chi connectivity index (χ1) is 31.2. The van der Waals surface area contributed by atoms with Crippen LogP contribution in [0.1, 0.15) is 139 Å². The molecule has 0 atom stereocenters. The van der Waals surface area contributed by atoms with E-state index in [4.69, 9.17) is 0 Å². The molecule has 5 rings (SSSR count). The summed E-state index contributed by atoms with van der Waals surface area (Å²) in [4.78, 5) is 0. The Morgan fingerprint density at radius 3 is 0.471 bits per heavy atom. The fourth-order valence-electron chi connectivity index (χ4n) is 9.05. The molecule has 0 amide bonds. The smallest absolute Gasteiger partial charge is 0.166 e. The Labute approximate surface area is 393 Å². The van der Waals surface area contributed by atoms with Gasteiger partial charge >= 0.3 is 37.1 Å². The summed E-state index contributed by atoms with van der Waals surface area (Å²) >= 11 is 0. The van der Waals surface area contributed by atoms with E-state index in [1.807, 2.05) is 0 Å². The average molecular weight is 1010 g/mol. The lowest BCUT2D eigenvalue weighted by Crippen LogP contribution is -2.27. The molecule has 0 spiro atoms. The van der Waals surface area contributed by atoms with Crippen molar-refractivity contribution in [3.8, 4) is 44.5 Å². The second kappa shape index (κ2) is 17.3. The fraction of sp³-hybridized carbons (Fsp3) is 0.423. The number of benzene rings is 5. The molecule has 18 heteroatoms. The van der Waals surface area contributed by atoms with E-state index in [0.29, 0.717) is 0 Å². The number of hydrogen-bond acceptors (Lipinski definition) is 0. The number of hydrogen-bond donors (Lipinski definition) is 0. The maximum absolute atomic E-state index is 17.3. The summed E-state index contributed by atoms with van der Waals surface area (Å²) in [5, 5.41) is 0. The van der Waals surface area contributed by atoms with Crippen molar-refractivity contribution in [2.75, 3.05) is 0 Å². The second-order valence-corrected chi connectivity index (χ2v) is 21.1. The monoisotopic (exact) mass is 1010 g/mol. The summed E-state index contributed by atoms with van der Waals surface area (Å²) in [5.41, 5.74) is -40.5. The predicted molar refractivity (Wildman–Crippen MR) is 233 cm³/mol. The Kier molecular flexibility index (Phi) is 13.8. The highest BCUT2D eigenvalue weighted by Crippen LogP contribution is 2.64. The van der Waals surface area contributed by atoms with Gasteiger partial charge in [0.2, 0.25) is 0 Å². The summed E-state index contributed by atoms with van der Waals surface area (Å²) in [7, 11) is 0. The van der Waals surface area contributed by atoms with Crippen LogP contribution >= 0.6 is 0 Å². The molecule has 0 radical (unpaired) electrons. The molecule has 0 saturated heterocycles. The normalized spacial score (nSPS) is 14.1. The third kappa shape index (κ3) is 10.6. The topological polar surface area (TPSA) is 0 Å². The minimum Gasteiger partial charge on any atom is -0.166 e. The lowest BCUT2D eigenvalue weighted by atomic mass is 9.66. The lowest BCUT2D eigenvalue weighted by Gasteiger charge is -2.38. The highest BCUT2D eigenvalue weighted by Gasteiger charge is 2.54. The first-order valence-electron chi connectivity index (χ1n) is 21.4. The van der Waals surface area contributed by atoms with Gasteiger partial charge in [0.15, 0.2) is 0 Å². The van der Waals surface area contributed by atoms with Crippen LogP contribution in [-0.2, 0) is 58.7 Å². The molecule has 70 heavy (non-hydrogen) atoms. The lowest BCUT2D eigenvalue weighted by molar-refractivity contribution is -0.145. The van der Waals surface area contributed by atoms with Crippen LogP contribution in [0.5, 0.6) is 0 Å². The van der Waals surface area contributed by atoms with Gasteiger partial charge in [0, 0.05) is 33.4 Å². The summed E-state index contributed by atoms with van der Waals surface area (Å²) in [6.07, 6.45) is -37.5. The molecule has 0 saturated carbocycles. The van der Waals surface area contributed by atoms with Crippen LogP contribution in [0.3, 0.4) is 0 Å². The van der Waals surface area contributed by atoms with Crippen LogP contribution in [0.15, 0.2) is 72.8 Å². The van der Waals surface area contributed by atoms with Gasteiger partial charge < -0.3 is 0 Å². The minimum absolute atomic E-state index is 0.0971. The second-order valence-electron chi connectivity index (χ2n) is 21.1. The third-order valence-corrected chi connectivity index (χ3v) is 11.8. The number of rotatable bonds is 4. The minimum atomic E-state index is -6.51. The van der Waals surface area contributed by atoms with E-state index in [-0.39, 0.29) is 36.4 Å². The summed E-state index contributed by atoms with van der Waals surface area (Å²) in [5.74, 6) is 0. The molecule has 0 nitrogen and oxygen atoms in total.